The van der Waals surface area contributed by atoms with Gasteiger partial charge in [0.05, 0.1) is 16.5 Å². The van der Waals surface area contributed by atoms with Gasteiger partial charge in [0, 0.05) is 10.9 Å². The van der Waals surface area contributed by atoms with Crippen LogP contribution in [0.2, 0.25) is 0 Å². The Hall–Kier alpha value is -2.73. The summed E-state index contributed by atoms with van der Waals surface area (Å²) in [6.45, 7) is 5.14. The van der Waals surface area contributed by atoms with Crippen molar-refractivity contribution >= 4 is 40.0 Å². The fourth-order valence-electron chi connectivity index (χ4n) is 2.60. The molecule has 2 aromatic carbocycles. The molecule has 5 nitrogen and oxygen atoms in total. The van der Waals surface area contributed by atoms with E-state index in [0.29, 0.717) is 17.1 Å². The summed E-state index contributed by atoms with van der Waals surface area (Å²) < 4.78 is 0. The summed E-state index contributed by atoms with van der Waals surface area (Å²) in [5.74, 6) is 0.406. The topological polar surface area (TPSA) is 72.0 Å². The number of rotatable bonds is 5. The van der Waals surface area contributed by atoms with Gasteiger partial charge in [-0.1, -0.05) is 42.1 Å². The van der Waals surface area contributed by atoms with Crippen molar-refractivity contribution in [3.63, 3.8) is 0 Å². The Morgan fingerprint density at radius 3 is 2.50 bits per heavy atom. The molecule has 26 heavy (non-hydrogen) atoms. The number of aryl methyl sites for hydroxylation is 1. The minimum Gasteiger partial charge on any atom is -0.324 e. The maximum absolute atomic E-state index is 12.6. The van der Waals surface area contributed by atoms with Gasteiger partial charge in [-0.05, 0) is 39.0 Å². The molecule has 3 aromatic rings. The number of ketones is 1. The van der Waals surface area contributed by atoms with Crippen LogP contribution < -0.4 is 5.32 Å². The molecule has 0 bridgehead atoms. The number of nitrogens with one attached hydrogen (secondary N) is 1. The molecule has 1 atom stereocenters. The second kappa shape index (κ2) is 7.66. The highest BCUT2D eigenvalue weighted by Gasteiger charge is 2.19. The Morgan fingerprint density at radius 1 is 1.04 bits per heavy atom. The fraction of sp³-hybridized carbons (Fsp3) is 0.200. The number of anilines is 1. The lowest BCUT2D eigenvalue weighted by Crippen LogP contribution is -2.23. The lowest BCUT2D eigenvalue weighted by Gasteiger charge is -2.14. The van der Waals surface area contributed by atoms with E-state index in [2.05, 4.69) is 15.3 Å². The zero-order valence-electron chi connectivity index (χ0n) is 14.8. The maximum atomic E-state index is 12.6. The molecule has 0 aliphatic carbocycles. The third-order valence-electron chi connectivity index (χ3n) is 3.90. The normalized spacial score (nSPS) is 12.0. The van der Waals surface area contributed by atoms with Crippen LogP contribution in [0.15, 0.2) is 53.6 Å². The standard InChI is InChI=1S/C20H19N3O2S/c1-12(24)15-8-4-6-10-17(15)23-19(25)13(2)26-20-16-9-5-7-11-18(16)21-14(3)22-20/h4-11,13H,1-3H3,(H,23,25). The highest BCUT2D eigenvalue weighted by molar-refractivity contribution is 8.00. The number of benzene rings is 2. The number of carbonyl (C=O) groups excluding carboxylic acids is 2. The first-order chi connectivity index (χ1) is 12.5. The summed E-state index contributed by atoms with van der Waals surface area (Å²) in [6.07, 6.45) is 0. The molecule has 3 rings (SSSR count). The van der Waals surface area contributed by atoms with Crippen LogP contribution in [0.4, 0.5) is 5.69 Å². The Bertz CT molecular complexity index is 988. The summed E-state index contributed by atoms with van der Waals surface area (Å²) in [5.41, 5.74) is 1.89. The molecule has 1 aromatic heterocycles. The zero-order valence-corrected chi connectivity index (χ0v) is 15.6. The first-order valence-corrected chi connectivity index (χ1v) is 9.14. The van der Waals surface area contributed by atoms with E-state index in [9.17, 15) is 9.59 Å². The van der Waals surface area contributed by atoms with Gasteiger partial charge in [0.2, 0.25) is 5.91 Å². The van der Waals surface area contributed by atoms with Gasteiger partial charge in [-0.3, -0.25) is 9.59 Å². The number of fused-ring (bicyclic) bond motifs is 1. The van der Waals surface area contributed by atoms with Crippen LogP contribution in [0, 0.1) is 6.92 Å². The van der Waals surface area contributed by atoms with Gasteiger partial charge < -0.3 is 5.32 Å². The quantitative estimate of drug-likeness (QED) is 0.415. The predicted octanol–water partition coefficient (Wildman–Crippen LogP) is 4.26. The van der Waals surface area contributed by atoms with E-state index in [1.54, 1.807) is 24.3 Å². The molecule has 0 radical (unpaired) electrons. The van der Waals surface area contributed by atoms with E-state index in [1.807, 2.05) is 38.1 Å². The number of para-hydroxylation sites is 2. The second-order valence-electron chi connectivity index (χ2n) is 5.94. The number of aromatic nitrogens is 2. The van der Waals surface area contributed by atoms with Crippen molar-refractivity contribution in [1.29, 1.82) is 0 Å². The molecule has 0 spiro atoms. The molecule has 0 aliphatic rings. The number of amides is 1. The fourth-order valence-corrected chi connectivity index (χ4v) is 3.59. The van der Waals surface area contributed by atoms with Gasteiger partial charge in [0.15, 0.2) is 5.78 Å². The van der Waals surface area contributed by atoms with Crippen LogP contribution in [0.1, 0.15) is 30.0 Å². The van der Waals surface area contributed by atoms with Crippen molar-refractivity contribution in [1.82, 2.24) is 9.97 Å². The number of carbonyl (C=O) groups is 2. The molecule has 6 heteroatoms. The number of nitrogens with zero attached hydrogens (tertiary/aromatic N) is 2. The van der Waals surface area contributed by atoms with E-state index in [1.165, 1.54) is 18.7 Å². The van der Waals surface area contributed by atoms with E-state index in [-0.39, 0.29) is 16.9 Å². The molecule has 1 N–H and O–H groups in total. The monoisotopic (exact) mass is 365 g/mol. The van der Waals surface area contributed by atoms with Crippen molar-refractivity contribution in [2.45, 2.75) is 31.0 Å². The van der Waals surface area contributed by atoms with Gasteiger partial charge >= 0.3 is 0 Å². The highest BCUT2D eigenvalue weighted by atomic mass is 32.2. The molecule has 0 fully saturated rings. The van der Waals surface area contributed by atoms with E-state index in [0.717, 1.165) is 15.9 Å². The van der Waals surface area contributed by atoms with E-state index in [4.69, 9.17) is 0 Å². The molecule has 132 valence electrons. The van der Waals surface area contributed by atoms with Gasteiger partial charge in [0.25, 0.3) is 0 Å². The minimum absolute atomic E-state index is 0.0846. The molecule has 1 heterocycles. The van der Waals surface area contributed by atoms with Crippen molar-refractivity contribution in [3.05, 3.63) is 59.9 Å². The van der Waals surface area contributed by atoms with Crippen LogP contribution in [0.5, 0.6) is 0 Å². The number of hydrogen-bond acceptors (Lipinski definition) is 5. The Morgan fingerprint density at radius 2 is 1.73 bits per heavy atom. The van der Waals surface area contributed by atoms with Crippen LogP contribution >= 0.6 is 11.8 Å². The van der Waals surface area contributed by atoms with Crippen LogP contribution in [0.25, 0.3) is 10.9 Å². The summed E-state index contributed by atoms with van der Waals surface area (Å²) in [6, 6.07) is 14.8. The first-order valence-electron chi connectivity index (χ1n) is 8.26. The van der Waals surface area contributed by atoms with Gasteiger partial charge in [-0.25, -0.2) is 9.97 Å². The molecular formula is C20H19N3O2S. The Balaban J connectivity index is 1.82. The number of thioether (sulfide) groups is 1. The molecule has 1 unspecified atom stereocenters. The van der Waals surface area contributed by atoms with Crippen molar-refractivity contribution in [2.24, 2.45) is 0 Å². The Kier molecular flexibility index (Phi) is 5.32. The lowest BCUT2D eigenvalue weighted by molar-refractivity contribution is -0.115. The average Bonchev–Trinajstić information content (AvgIpc) is 2.61. The van der Waals surface area contributed by atoms with Crippen molar-refractivity contribution in [2.75, 3.05) is 5.32 Å². The average molecular weight is 365 g/mol. The van der Waals surface area contributed by atoms with Crippen LogP contribution in [-0.4, -0.2) is 26.9 Å². The third-order valence-corrected chi connectivity index (χ3v) is 5.00. The smallest absolute Gasteiger partial charge is 0.237 e. The van der Waals surface area contributed by atoms with Crippen molar-refractivity contribution in [3.8, 4) is 0 Å². The van der Waals surface area contributed by atoms with Crippen molar-refractivity contribution < 1.29 is 9.59 Å². The predicted molar refractivity (Wildman–Crippen MR) is 105 cm³/mol. The SMILES string of the molecule is CC(=O)c1ccccc1NC(=O)C(C)Sc1nc(C)nc2ccccc12. The summed E-state index contributed by atoms with van der Waals surface area (Å²) in [4.78, 5) is 33.3. The first kappa shape index (κ1) is 18.1. The number of Topliss-reactive ketones (excluding diaryl/α,β-unsaturated/α-hetero) is 1. The zero-order chi connectivity index (χ0) is 18.7. The molecule has 1 amide bonds. The second-order valence-corrected chi connectivity index (χ2v) is 7.27. The van der Waals surface area contributed by atoms with Gasteiger partial charge in [-0.2, -0.15) is 0 Å². The maximum Gasteiger partial charge on any atom is 0.237 e. The van der Waals surface area contributed by atoms with Crippen LogP contribution in [0.3, 0.4) is 0 Å². The largest absolute Gasteiger partial charge is 0.324 e. The molecule has 0 saturated carbocycles. The van der Waals surface area contributed by atoms with Crippen LogP contribution in [-0.2, 0) is 4.79 Å². The molecule has 0 saturated heterocycles. The van der Waals surface area contributed by atoms with Gasteiger partial charge in [0.1, 0.15) is 10.9 Å². The van der Waals surface area contributed by atoms with Gasteiger partial charge in [-0.15, -0.1) is 0 Å². The highest BCUT2D eigenvalue weighted by Crippen LogP contribution is 2.29. The summed E-state index contributed by atoms with van der Waals surface area (Å²) in [5, 5.41) is 4.17. The Labute approximate surface area is 156 Å². The third kappa shape index (κ3) is 3.91. The lowest BCUT2D eigenvalue weighted by atomic mass is 10.1. The van der Waals surface area contributed by atoms with E-state index < -0.39 is 0 Å². The number of hydrogen-bond donors (Lipinski definition) is 1. The summed E-state index contributed by atoms with van der Waals surface area (Å²) >= 11 is 1.38. The molecular weight excluding hydrogens is 346 g/mol. The molecule has 0 aliphatic heterocycles. The van der Waals surface area contributed by atoms with E-state index >= 15 is 0 Å². The minimum atomic E-state index is -0.382. The summed E-state index contributed by atoms with van der Waals surface area (Å²) in [7, 11) is 0.